The summed E-state index contributed by atoms with van der Waals surface area (Å²) in [7, 11) is 0. The van der Waals surface area contributed by atoms with E-state index >= 15 is 0 Å². The van der Waals surface area contributed by atoms with Gasteiger partial charge in [0.25, 0.3) is 0 Å². The SMILES string of the molecule is CC(C)c1cc(-c2ccc(F)cc2)n(-c2ccccn2)n1. The molecule has 4 heteroatoms. The van der Waals surface area contributed by atoms with E-state index in [9.17, 15) is 4.39 Å². The van der Waals surface area contributed by atoms with Gasteiger partial charge in [0.15, 0.2) is 5.82 Å². The molecule has 21 heavy (non-hydrogen) atoms. The van der Waals surface area contributed by atoms with Crippen LogP contribution in [0.4, 0.5) is 4.39 Å². The maximum atomic E-state index is 13.1. The van der Waals surface area contributed by atoms with Crippen LogP contribution in [0, 0.1) is 5.82 Å². The van der Waals surface area contributed by atoms with Gasteiger partial charge in [0.2, 0.25) is 0 Å². The highest BCUT2D eigenvalue weighted by Crippen LogP contribution is 2.26. The zero-order valence-corrected chi connectivity index (χ0v) is 12.0. The van der Waals surface area contributed by atoms with Crippen molar-refractivity contribution in [3.63, 3.8) is 0 Å². The number of nitrogens with zero attached hydrogens (tertiary/aromatic N) is 3. The Bertz CT molecular complexity index is 730. The Kier molecular flexibility index (Phi) is 3.52. The van der Waals surface area contributed by atoms with Crippen LogP contribution < -0.4 is 0 Å². The van der Waals surface area contributed by atoms with Crippen LogP contribution in [-0.4, -0.2) is 14.8 Å². The Morgan fingerprint density at radius 3 is 2.43 bits per heavy atom. The third kappa shape index (κ3) is 2.70. The molecule has 3 nitrogen and oxygen atoms in total. The molecule has 0 saturated carbocycles. The van der Waals surface area contributed by atoms with Crippen molar-refractivity contribution >= 4 is 0 Å². The molecule has 1 aromatic carbocycles. The minimum absolute atomic E-state index is 0.244. The minimum atomic E-state index is -0.244. The average molecular weight is 281 g/mol. The van der Waals surface area contributed by atoms with Crippen molar-refractivity contribution in [3.05, 3.63) is 66.2 Å². The van der Waals surface area contributed by atoms with E-state index in [1.807, 2.05) is 28.9 Å². The third-order valence-electron chi connectivity index (χ3n) is 3.33. The third-order valence-corrected chi connectivity index (χ3v) is 3.33. The number of hydrogen-bond acceptors (Lipinski definition) is 2. The maximum Gasteiger partial charge on any atom is 0.153 e. The Labute approximate surface area is 123 Å². The predicted molar refractivity (Wildman–Crippen MR) is 80.8 cm³/mol. The first kappa shape index (κ1) is 13.5. The molecule has 0 aliphatic heterocycles. The summed E-state index contributed by atoms with van der Waals surface area (Å²) in [5, 5.41) is 4.64. The molecule has 2 aromatic heterocycles. The smallest absolute Gasteiger partial charge is 0.153 e. The lowest BCUT2D eigenvalue weighted by Crippen LogP contribution is -2.02. The lowest BCUT2D eigenvalue weighted by molar-refractivity contribution is 0.628. The van der Waals surface area contributed by atoms with Gasteiger partial charge in [-0.05, 0) is 48.4 Å². The molecule has 106 valence electrons. The number of benzene rings is 1. The largest absolute Gasteiger partial charge is 0.237 e. The van der Waals surface area contributed by atoms with Crippen LogP contribution in [0.2, 0.25) is 0 Å². The quantitative estimate of drug-likeness (QED) is 0.720. The maximum absolute atomic E-state index is 13.1. The van der Waals surface area contributed by atoms with E-state index in [0.717, 1.165) is 22.8 Å². The standard InChI is InChI=1S/C17H16FN3/c1-12(2)15-11-16(13-6-8-14(18)9-7-13)21(20-15)17-5-3-4-10-19-17/h3-12H,1-2H3. The van der Waals surface area contributed by atoms with Crippen LogP contribution >= 0.6 is 0 Å². The second-order valence-corrected chi connectivity index (χ2v) is 5.22. The summed E-state index contributed by atoms with van der Waals surface area (Å²) >= 11 is 0. The summed E-state index contributed by atoms with van der Waals surface area (Å²) in [5.41, 5.74) is 2.82. The van der Waals surface area contributed by atoms with Crippen molar-refractivity contribution in [1.82, 2.24) is 14.8 Å². The van der Waals surface area contributed by atoms with E-state index in [0.29, 0.717) is 5.92 Å². The fraction of sp³-hybridized carbons (Fsp3) is 0.176. The number of pyridine rings is 1. The molecule has 0 N–H and O–H groups in total. The zero-order chi connectivity index (χ0) is 14.8. The molecular weight excluding hydrogens is 265 g/mol. The first-order valence-electron chi connectivity index (χ1n) is 6.92. The van der Waals surface area contributed by atoms with E-state index in [-0.39, 0.29) is 5.82 Å². The Hall–Kier alpha value is -2.49. The van der Waals surface area contributed by atoms with Crippen molar-refractivity contribution in [2.24, 2.45) is 0 Å². The van der Waals surface area contributed by atoms with E-state index in [1.54, 1.807) is 18.3 Å². The lowest BCUT2D eigenvalue weighted by Gasteiger charge is -2.06. The van der Waals surface area contributed by atoms with Crippen LogP contribution in [0.25, 0.3) is 17.1 Å². The molecule has 0 aliphatic carbocycles. The number of rotatable bonds is 3. The average Bonchev–Trinajstić information content (AvgIpc) is 2.94. The van der Waals surface area contributed by atoms with Gasteiger partial charge in [0.1, 0.15) is 5.82 Å². The Morgan fingerprint density at radius 2 is 1.81 bits per heavy atom. The topological polar surface area (TPSA) is 30.7 Å². The summed E-state index contributed by atoms with van der Waals surface area (Å²) < 4.78 is 14.9. The molecule has 0 fully saturated rings. The molecule has 0 unspecified atom stereocenters. The van der Waals surface area contributed by atoms with Crippen LogP contribution in [0.3, 0.4) is 0 Å². The van der Waals surface area contributed by atoms with Crippen molar-refractivity contribution in [1.29, 1.82) is 0 Å². The van der Waals surface area contributed by atoms with Gasteiger partial charge in [-0.2, -0.15) is 5.10 Å². The van der Waals surface area contributed by atoms with Gasteiger partial charge in [0.05, 0.1) is 11.4 Å². The fourth-order valence-corrected chi connectivity index (χ4v) is 2.16. The highest BCUT2D eigenvalue weighted by molar-refractivity contribution is 5.62. The highest BCUT2D eigenvalue weighted by Gasteiger charge is 2.14. The van der Waals surface area contributed by atoms with E-state index in [4.69, 9.17) is 0 Å². The van der Waals surface area contributed by atoms with Gasteiger partial charge in [-0.25, -0.2) is 14.1 Å². The Balaban J connectivity index is 2.16. The summed E-state index contributed by atoms with van der Waals surface area (Å²) in [6.45, 7) is 4.19. The summed E-state index contributed by atoms with van der Waals surface area (Å²) in [5.74, 6) is 0.824. The van der Waals surface area contributed by atoms with E-state index in [2.05, 4.69) is 23.9 Å². The molecule has 0 radical (unpaired) electrons. The highest BCUT2D eigenvalue weighted by atomic mass is 19.1. The van der Waals surface area contributed by atoms with Gasteiger partial charge in [-0.1, -0.05) is 19.9 Å². The van der Waals surface area contributed by atoms with Gasteiger partial charge >= 0.3 is 0 Å². The normalized spacial score (nSPS) is 11.0. The molecule has 2 heterocycles. The summed E-state index contributed by atoms with van der Waals surface area (Å²) in [6, 6.07) is 14.2. The van der Waals surface area contributed by atoms with Crippen LogP contribution in [0.5, 0.6) is 0 Å². The van der Waals surface area contributed by atoms with E-state index < -0.39 is 0 Å². The van der Waals surface area contributed by atoms with Gasteiger partial charge in [0, 0.05) is 11.8 Å². The van der Waals surface area contributed by atoms with Crippen LogP contribution in [-0.2, 0) is 0 Å². The van der Waals surface area contributed by atoms with Crippen LogP contribution in [0.15, 0.2) is 54.7 Å². The van der Waals surface area contributed by atoms with Crippen molar-refractivity contribution in [3.8, 4) is 17.1 Å². The number of hydrogen-bond donors (Lipinski definition) is 0. The lowest BCUT2D eigenvalue weighted by atomic mass is 10.1. The second kappa shape index (κ2) is 5.48. The second-order valence-electron chi connectivity index (χ2n) is 5.22. The molecule has 3 aromatic rings. The molecule has 0 bridgehead atoms. The molecular formula is C17H16FN3. The molecule has 0 aliphatic rings. The summed E-state index contributed by atoms with van der Waals surface area (Å²) in [6.07, 6.45) is 1.74. The molecule has 0 saturated heterocycles. The van der Waals surface area contributed by atoms with Crippen molar-refractivity contribution < 1.29 is 4.39 Å². The zero-order valence-electron chi connectivity index (χ0n) is 12.0. The van der Waals surface area contributed by atoms with Gasteiger partial charge in [-0.15, -0.1) is 0 Å². The van der Waals surface area contributed by atoms with Gasteiger partial charge in [-0.3, -0.25) is 0 Å². The summed E-state index contributed by atoms with van der Waals surface area (Å²) in [4.78, 5) is 4.35. The molecule has 0 spiro atoms. The monoisotopic (exact) mass is 281 g/mol. The van der Waals surface area contributed by atoms with Gasteiger partial charge < -0.3 is 0 Å². The van der Waals surface area contributed by atoms with Crippen LogP contribution in [0.1, 0.15) is 25.5 Å². The number of aromatic nitrogens is 3. The first-order chi connectivity index (χ1) is 10.1. The molecule has 0 amide bonds. The molecule has 0 atom stereocenters. The fourth-order valence-electron chi connectivity index (χ4n) is 2.16. The molecule has 3 rings (SSSR count). The van der Waals surface area contributed by atoms with Crippen molar-refractivity contribution in [2.45, 2.75) is 19.8 Å². The first-order valence-corrected chi connectivity index (χ1v) is 6.92. The minimum Gasteiger partial charge on any atom is -0.237 e. The predicted octanol–water partition coefficient (Wildman–Crippen LogP) is 4.20. The van der Waals surface area contributed by atoms with E-state index in [1.165, 1.54) is 12.1 Å². The number of halogens is 1. The Morgan fingerprint density at radius 1 is 1.05 bits per heavy atom. The van der Waals surface area contributed by atoms with Crippen molar-refractivity contribution in [2.75, 3.05) is 0 Å².